The minimum Gasteiger partial charge on any atom is -0.344 e. The standard InChI is InChI=1S/C14H22N4O4.ClH/c1-10(2)12(15)6-7-16(3)14(20)9-17-8-11(18(21)22)4-5-13(17)19;/h4-5,8,10,12H,6-7,9,15H2,1-3H3;1H. The van der Waals surface area contributed by atoms with Crippen LogP contribution in [0.15, 0.2) is 23.1 Å². The molecular formula is C14H23ClN4O4. The summed E-state index contributed by atoms with van der Waals surface area (Å²) in [5.41, 5.74) is 5.25. The molecule has 1 heterocycles. The molecule has 0 bridgehead atoms. The molecule has 0 fully saturated rings. The molecule has 0 saturated heterocycles. The number of carbonyl (C=O) groups is 1. The van der Waals surface area contributed by atoms with Crippen molar-refractivity contribution in [2.75, 3.05) is 13.6 Å². The monoisotopic (exact) mass is 346 g/mol. The number of rotatable bonds is 7. The van der Waals surface area contributed by atoms with Crippen LogP contribution in [-0.2, 0) is 11.3 Å². The maximum Gasteiger partial charge on any atom is 0.285 e. The van der Waals surface area contributed by atoms with Gasteiger partial charge in [0.2, 0.25) is 5.91 Å². The van der Waals surface area contributed by atoms with Gasteiger partial charge in [-0.1, -0.05) is 13.8 Å². The predicted molar refractivity (Wildman–Crippen MR) is 89.7 cm³/mol. The first-order valence-electron chi connectivity index (χ1n) is 7.06. The zero-order chi connectivity index (χ0) is 16.9. The minimum atomic E-state index is -0.605. The molecule has 1 rings (SSSR count). The Bertz CT molecular complexity index is 603. The third-order valence-electron chi connectivity index (χ3n) is 3.56. The molecule has 1 unspecified atom stereocenters. The third-order valence-corrected chi connectivity index (χ3v) is 3.56. The van der Waals surface area contributed by atoms with Gasteiger partial charge in [0.25, 0.3) is 11.2 Å². The fourth-order valence-corrected chi connectivity index (χ4v) is 1.82. The molecule has 8 nitrogen and oxygen atoms in total. The van der Waals surface area contributed by atoms with Crippen molar-refractivity contribution in [3.63, 3.8) is 0 Å². The van der Waals surface area contributed by atoms with Crippen molar-refractivity contribution >= 4 is 24.0 Å². The number of carbonyl (C=O) groups excluding carboxylic acids is 1. The van der Waals surface area contributed by atoms with E-state index in [-0.39, 0.29) is 36.6 Å². The molecule has 0 aliphatic rings. The molecule has 1 aromatic heterocycles. The molecule has 130 valence electrons. The number of pyridine rings is 1. The van der Waals surface area contributed by atoms with Gasteiger partial charge in [0, 0.05) is 31.8 Å². The number of hydrogen-bond acceptors (Lipinski definition) is 5. The fourth-order valence-electron chi connectivity index (χ4n) is 1.82. The maximum atomic E-state index is 12.1. The zero-order valence-corrected chi connectivity index (χ0v) is 14.3. The van der Waals surface area contributed by atoms with Gasteiger partial charge < -0.3 is 10.6 Å². The van der Waals surface area contributed by atoms with Gasteiger partial charge in [0.1, 0.15) is 6.54 Å². The first-order valence-corrected chi connectivity index (χ1v) is 7.06. The first-order chi connectivity index (χ1) is 10.2. The molecule has 1 atom stereocenters. The van der Waals surface area contributed by atoms with Crippen molar-refractivity contribution in [3.8, 4) is 0 Å². The normalized spacial score (nSPS) is 11.7. The highest BCUT2D eigenvalue weighted by Gasteiger charge is 2.15. The highest BCUT2D eigenvalue weighted by molar-refractivity contribution is 5.85. The summed E-state index contributed by atoms with van der Waals surface area (Å²) in [6, 6.07) is 2.20. The van der Waals surface area contributed by atoms with Gasteiger partial charge in [-0.25, -0.2) is 0 Å². The highest BCUT2D eigenvalue weighted by Crippen LogP contribution is 2.07. The molecule has 1 aromatic rings. The van der Waals surface area contributed by atoms with Gasteiger partial charge in [0.05, 0.1) is 11.1 Å². The Morgan fingerprint density at radius 2 is 2.04 bits per heavy atom. The van der Waals surface area contributed by atoms with Crippen molar-refractivity contribution < 1.29 is 9.72 Å². The van der Waals surface area contributed by atoms with Crippen LogP contribution in [0.3, 0.4) is 0 Å². The number of nitrogens with zero attached hydrogens (tertiary/aromatic N) is 3. The van der Waals surface area contributed by atoms with Crippen LogP contribution >= 0.6 is 12.4 Å². The Labute approximate surface area is 140 Å². The van der Waals surface area contributed by atoms with Crippen LogP contribution < -0.4 is 11.3 Å². The van der Waals surface area contributed by atoms with Gasteiger partial charge in [-0.05, 0) is 12.3 Å². The lowest BCUT2D eigenvalue weighted by molar-refractivity contribution is -0.385. The number of nitro groups is 1. The molecule has 0 spiro atoms. The Hall–Kier alpha value is -1.93. The summed E-state index contributed by atoms with van der Waals surface area (Å²) in [6.07, 6.45) is 1.73. The molecule has 1 amide bonds. The zero-order valence-electron chi connectivity index (χ0n) is 13.5. The van der Waals surface area contributed by atoms with Crippen molar-refractivity contribution in [3.05, 3.63) is 38.8 Å². The van der Waals surface area contributed by atoms with Gasteiger partial charge in [-0.3, -0.25) is 24.3 Å². The summed E-state index contributed by atoms with van der Waals surface area (Å²) in [4.78, 5) is 35.3. The van der Waals surface area contributed by atoms with Crippen molar-refractivity contribution in [2.45, 2.75) is 32.9 Å². The topological polar surface area (TPSA) is 111 Å². The lowest BCUT2D eigenvalue weighted by Crippen LogP contribution is -2.37. The molecule has 0 aliphatic carbocycles. The van der Waals surface area contributed by atoms with E-state index in [1.54, 1.807) is 7.05 Å². The van der Waals surface area contributed by atoms with Crippen LogP contribution in [0.5, 0.6) is 0 Å². The second-order valence-electron chi connectivity index (χ2n) is 5.62. The van der Waals surface area contributed by atoms with Crippen LogP contribution in [0.25, 0.3) is 0 Å². The van der Waals surface area contributed by atoms with E-state index in [0.29, 0.717) is 18.9 Å². The van der Waals surface area contributed by atoms with E-state index in [1.165, 1.54) is 4.90 Å². The summed E-state index contributed by atoms with van der Waals surface area (Å²) in [6.45, 7) is 4.26. The van der Waals surface area contributed by atoms with E-state index in [4.69, 9.17) is 5.73 Å². The Morgan fingerprint density at radius 3 is 2.57 bits per heavy atom. The number of halogens is 1. The van der Waals surface area contributed by atoms with Gasteiger partial charge in [-0.2, -0.15) is 0 Å². The average molecular weight is 347 g/mol. The second kappa shape index (κ2) is 9.26. The van der Waals surface area contributed by atoms with Crippen LogP contribution in [0, 0.1) is 16.0 Å². The van der Waals surface area contributed by atoms with E-state index in [9.17, 15) is 19.7 Å². The van der Waals surface area contributed by atoms with Gasteiger partial charge in [0.15, 0.2) is 0 Å². The maximum absolute atomic E-state index is 12.1. The van der Waals surface area contributed by atoms with Crippen LogP contribution in [-0.4, -0.2) is 39.9 Å². The molecule has 23 heavy (non-hydrogen) atoms. The summed E-state index contributed by atoms with van der Waals surface area (Å²) in [5.74, 6) is 0.0291. The molecule has 0 aromatic carbocycles. The molecule has 0 radical (unpaired) electrons. The summed E-state index contributed by atoms with van der Waals surface area (Å²) in [7, 11) is 1.62. The lowest BCUT2D eigenvalue weighted by Gasteiger charge is -2.21. The summed E-state index contributed by atoms with van der Waals surface area (Å²) >= 11 is 0. The second-order valence-corrected chi connectivity index (χ2v) is 5.62. The van der Waals surface area contributed by atoms with E-state index in [1.807, 2.05) is 13.8 Å². The number of nitrogens with two attached hydrogens (primary N) is 1. The van der Waals surface area contributed by atoms with Crippen molar-refractivity contribution in [1.29, 1.82) is 0 Å². The van der Waals surface area contributed by atoms with E-state index in [0.717, 1.165) is 22.9 Å². The quantitative estimate of drug-likeness (QED) is 0.585. The van der Waals surface area contributed by atoms with Crippen molar-refractivity contribution in [2.24, 2.45) is 11.7 Å². The first kappa shape index (κ1) is 21.1. The SMILES string of the molecule is CC(C)C(N)CCN(C)C(=O)Cn1cc([N+](=O)[O-])ccc1=O.Cl. The minimum absolute atomic E-state index is 0. The van der Waals surface area contributed by atoms with Crippen molar-refractivity contribution in [1.82, 2.24) is 9.47 Å². The Balaban J connectivity index is 0.00000484. The molecule has 0 aliphatic heterocycles. The summed E-state index contributed by atoms with van der Waals surface area (Å²) < 4.78 is 1.04. The molecular weight excluding hydrogens is 324 g/mol. The summed E-state index contributed by atoms with van der Waals surface area (Å²) in [5, 5.41) is 10.7. The predicted octanol–water partition coefficient (Wildman–Crippen LogP) is 1.01. The number of hydrogen-bond donors (Lipinski definition) is 1. The number of aromatic nitrogens is 1. The average Bonchev–Trinajstić information content (AvgIpc) is 2.45. The Morgan fingerprint density at radius 1 is 1.43 bits per heavy atom. The third kappa shape index (κ3) is 6.37. The fraction of sp³-hybridized carbons (Fsp3) is 0.571. The smallest absolute Gasteiger partial charge is 0.285 e. The van der Waals surface area contributed by atoms with E-state index in [2.05, 4.69) is 0 Å². The highest BCUT2D eigenvalue weighted by atomic mass is 35.5. The number of amides is 1. The van der Waals surface area contributed by atoms with E-state index < -0.39 is 10.5 Å². The van der Waals surface area contributed by atoms with E-state index >= 15 is 0 Å². The molecule has 9 heteroatoms. The van der Waals surface area contributed by atoms with Crippen LogP contribution in [0.1, 0.15) is 20.3 Å². The van der Waals surface area contributed by atoms with Crippen LogP contribution in [0.2, 0.25) is 0 Å². The molecule has 0 saturated carbocycles. The Kier molecular flexibility index (Phi) is 8.49. The number of likely N-dealkylation sites (N-methyl/N-ethyl adjacent to an activating group) is 1. The van der Waals surface area contributed by atoms with Gasteiger partial charge >= 0.3 is 0 Å². The van der Waals surface area contributed by atoms with Gasteiger partial charge in [-0.15, -0.1) is 12.4 Å². The largest absolute Gasteiger partial charge is 0.344 e. The van der Waals surface area contributed by atoms with Crippen LogP contribution in [0.4, 0.5) is 5.69 Å². The lowest BCUT2D eigenvalue weighted by atomic mass is 10.0. The molecule has 2 N–H and O–H groups in total.